The number of ether oxygens (including phenoxy) is 2. The van der Waals surface area contributed by atoms with Crippen molar-refractivity contribution in [2.45, 2.75) is 19.4 Å². The second-order valence-electron chi connectivity index (χ2n) is 6.90. The Morgan fingerprint density at radius 2 is 2.04 bits per heavy atom. The van der Waals surface area contributed by atoms with Crippen molar-refractivity contribution in [3.63, 3.8) is 0 Å². The van der Waals surface area contributed by atoms with E-state index in [-0.39, 0.29) is 17.3 Å². The van der Waals surface area contributed by atoms with Crippen molar-refractivity contribution < 1.29 is 24.3 Å². The molecule has 5 nitrogen and oxygen atoms in total. The fraction of sp³-hybridized carbons (Fsp3) is 0.286. The molecule has 0 spiro atoms. The quantitative estimate of drug-likeness (QED) is 0.732. The van der Waals surface area contributed by atoms with Gasteiger partial charge in [-0.3, -0.25) is 4.79 Å². The number of rotatable bonds is 4. The maximum absolute atomic E-state index is 12.9. The minimum Gasteiger partial charge on any atom is -0.507 e. The van der Waals surface area contributed by atoms with Gasteiger partial charge in [-0.2, -0.15) is 0 Å². The molecule has 1 saturated heterocycles. The maximum atomic E-state index is 12.9. The largest absolute Gasteiger partial charge is 0.507 e. The van der Waals surface area contributed by atoms with Gasteiger partial charge >= 0.3 is 0 Å². The summed E-state index contributed by atoms with van der Waals surface area (Å²) in [5.41, 5.74) is 1.96. The number of phenolic OH excluding ortho intramolecular Hbond substituents is 1. The molecule has 1 fully saturated rings. The van der Waals surface area contributed by atoms with Crippen LogP contribution in [0.5, 0.6) is 17.2 Å². The number of quaternary nitrogens is 1. The van der Waals surface area contributed by atoms with Crippen molar-refractivity contribution in [2.75, 3.05) is 20.2 Å². The molecule has 2 heterocycles. The highest BCUT2D eigenvalue weighted by Crippen LogP contribution is 2.39. The highest BCUT2D eigenvalue weighted by molar-refractivity contribution is 9.10. The number of nitrogens with one attached hydrogen (secondary N) is 1. The predicted molar refractivity (Wildman–Crippen MR) is 105 cm³/mol. The van der Waals surface area contributed by atoms with Gasteiger partial charge in [-0.05, 0) is 36.4 Å². The summed E-state index contributed by atoms with van der Waals surface area (Å²) in [5, 5.41) is 10.4. The Kier molecular flexibility index (Phi) is 4.93. The third-order valence-electron chi connectivity index (χ3n) is 5.13. The Morgan fingerprint density at radius 1 is 1.26 bits per heavy atom. The van der Waals surface area contributed by atoms with Crippen molar-refractivity contribution in [1.82, 2.24) is 0 Å². The van der Waals surface area contributed by atoms with E-state index in [1.807, 2.05) is 18.2 Å². The van der Waals surface area contributed by atoms with Crippen LogP contribution in [0.25, 0.3) is 6.08 Å². The molecule has 4 rings (SSSR count). The molecule has 0 unspecified atom stereocenters. The molecule has 0 bridgehead atoms. The van der Waals surface area contributed by atoms with Crippen LogP contribution < -0.4 is 14.4 Å². The minimum atomic E-state index is -0.176. The summed E-state index contributed by atoms with van der Waals surface area (Å²) in [4.78, 5) is 14.3. The number of likely N-dealkylation sites (tertiary alicyclic amines) is 1. The average Bonchev–Trinajstić information content (AvgIpc) is 3.27. The minimum absolute atomic E-state index is 0.176. The number of halogens is 1. The first-order valence-electron chi connectivity index (χ1n) is 9.03. The monoisotopic (exact) mass is 430 g/mol. The summed E-state index contributed by atoms with van der Waals surface area (Å²) in [6, 6.07) is 8.81. The van der Waals surface area contributed by atoms with Crippen molar-refractivity contribution >= 4 is 27.8 Å². The zero-order valence-corrected chi connectivity index (χ0v) is 16.6. The Morgan fingerprint density at radius 3 is 2.78 bits per heavy atom. The van der Waals surface area contributed by atoms with Gasteiger partial charge < -0.3 is 19.5 Å². The third-order valence-corrected chi connectivity index (χ3v) is 5.63. The molecule has 2 N–H and O–H groups in total. The Bertz CT molecular complexity index is 932. The molecule has 0 radical (unpaired) electrons. The number of methoxy groups -OCH3 is 1. The standard InChI is InChI=1S/C21H20BrNO4/c1-26-18-7-4-14(22)10-13(18)11-19-20(25)15-5-6-17(24)16(21(15)27-19)12-23-8-2-3-9-23/h4-7,10-11,24H,2-3,8-9,12H2,1H3/p+1/b19-11-. The zero-order chi connectivity index (χ0) is 19.0. The lowest BCUT2D eigenvalue weighted by Gasteiger charge is -2.15. The molecule has 0 aromatic heterocycles. The van der Waals surface area contributed by atoms with E-state index in [9.17, 15) is 9.90 Å². The summed E-state index contributed by atoms with van der Waals surface area (Å²) < 4.78 is 12.2. The molecular formula is C21H21BrNO4+. The molecule has 2 aromatic carbocycles. The Hall–Kier alpha value is -2.31. The molecule has 140 valence electrons. The molecule has 0 aliphatic carbocycles. The number of benzene rings is 2. The van der Waals surface area contributed by atoms with Crippen LogP contribution >= 0.6 is 15.9 Å². The molecule has 6 heteroatoms. The number of hydrogen-bond donors (Lipinski definition) is 2. The van der Waals surface area contributed by atoms with Gasteiger partial charge in [0.25, 0.3) is 0 Å². The van der Waals surface area contributed by atoms with Crippen LogP contribution in [-0.4, -0.2) is 31.1 Å². The second kappa shape index (κ2) is 7.37. The molecule has 2 aliphatic heterocycles. The van der Waals surface area contributed by atoms with Crippen LogP contribution in [0.3, 0.4) is 0 Å². The summed E-state index contributed by atoms with van der Waals surface area (Å²) in [6.45, 7) is 2.82. The number of carbonyl (C=O) groups is 1. The number of hydrogen-bond acceptors (Lipinski definition) is 4. The van der Waals surface area contributed by atoms with E-state index in [0.29, 0.717) is 29.2 Å². The van der Waals surface area contributed by atoms with Crippen LogP contribution in [0.4, 0.5) is 0 Å². The predicted octanol–water partition coefficient (Wildman–Crippen LogP) is 2.96. The van der Waals surface area contributed by atoms with Crippen LogP contribution in [0.15, 0.2) is 40.6 Å². The highest BCUT2D eigenvalue weighted by Gasteiger charge is 2.33. The fourth-order valence-electron chi connectivity index (χ4n) is 3.73. The van der Waals surface area contributed by atoms with Gasteiger partial charge in [-0.25, -0.2) is 0 Å². The summed E-state index contributed by atoms with van der Waals surface area (Å²) in [6.07, 6.45) is 4.08. The first-order valence-corrected chi connectivity index (χ1v) is 9.82. The lowest BCUT2D eigenvalue weighted by atomic mass is 10.0. The Labute approximate surface area is 166 Å². The van der Waals surface area contributed by atoms with E-state index < -0.39 is 0 Å². The number of aromatic hydroxyl groups is 1. The van der Waals surface area contributed by atoms with E-state index in [1.54, 1.807) is 25.3 Å². The van der Waals surface area contributed by atoms with Crippen molar-refractivity contribution in [3.05, 3.63) is 57.3 Å². The summed E-state index contributed by atoms with van der Waals surface area (Å²) in [5.74, 6) is 1.39. The first-order chi connectivity index (χ1) is 13.1. The van der Waals surface area contributed by atoms with Gasteiger partial charge in [0.05, 0.1) is 31.3 Å². The molecular weight excluding hydrogens is 410 g/mol. The van der Waals surface area contributed by atoms with E-state index in [2.05, 4.69) is 15.9 Å². The van der Waals surface area contributed by atoms with E-state index in [4.69, 9.17) is 9.47 Å². The van der Waals surface area contributed by atoms with Crippen molar-refractivity contribution in [1.29, 1.82) is 0 Å². The first kappa shape index (κ1) is 18.1. The van der Waals surface area contributed by atoms with Crippen LogP contribution in [0, 0.1) is 0 Å². The lowest BCUT2D eigenvalue weighted by molar-refractivity contribution is -0.901. The average molecular weight is 431 g/mol. The number of ketones is 1. The van der Waals surface area contributed by atoms with Gasteiger partial charge in [0.2, 0.25) is 5.78 Å². The number of carbonyl (C=O) groups excluding carboxylic acids is 1. The van der Waals surface area contributed by atoms with E-state index >= 15 is 0 Å². The number of phenols is 1. The third kappa shape index (κ3) is 3.47. The van der Waals surface area contributed by atoms with Crippen LogP contribution in [0.2, 0.25) is 0 Å². The number of fused-ring (bicyclic) bond motifs is 1. The second-order valence-corrected chi connectivity index (χ2v) is 7.82. The topological polar surface area (TPSA) is 60.2 Å². The summed E-state index contributed by atoms with van der Waals surface area (Å²) in [7, 11) is 1.59. The molecule has 2 aromatic rings. The Balaban J connectivity index is 1.71. The fourth-order valence-corrected chi connectivity index (χ4v) is 4.11. The smallest absolute Gasteiger partial charge is 0.231 e. The maximum Gasteiger partial charge on any atom is 0.231 e. The molecule has 2 aliphatic rings. The number of allylic oxidation sites excluding steroid dienone is 1. The lowest BCUT2D eigenvalue weighted by Crippen LogP contribution is -3.08. The molecule has 0 saturated carbocycles. The summed E-state index contributed by atoms with van der Waals surface area (Å²) >= 11 is 3.44. The zero-order valence-electron chi connectivity index (χ0n) is 15.0. The SMILES string of the molecule is COc1ccc(Br)cc1/C=C1\Oc2c(ccc(O)c2C[NH+]2CCCC2)C1=O. The van der Waals surface area contributed by atoms with Gasteiger partial charge in [0, 0.05) is 22.9 Å². The van der Waals surface area contributed by atoms with E-state index in [0.717, 1.165) is 23.1 Å². The normalized spacial score (nSPS) is 18.0. The van der Waals surface area contributed by atoms with Gasteiger partial charge in [-0.15, -0.1) is 0 Å². The van der Waals surface area contributed by atoms with E-state index in [1.165, 1.54) is 17.7 Å². The highest BCUT2D eigenvalue weighted by atomic mass is 79.9. The van der Waals surface area contributed by atoms with Crippen molar-refractivity contribution in [3.8, 4) is 17.2 Å². The molecule has 0 atom stereocenters. The van der Waals surface area contributed by atoms with Gasteiger partial charge in [0.1, 0.15) is 18.0 Å². The molecule has 27 heavy (non-hydrogen) atoms. The van der Waals surface area contributed by atoms with Crippen LogP contribution in [-0.2, 0) is 6.54 Å². The number of Topliss-reactive ketones (excluding diaryl/α,β-unsaturated/α-hetero) is 1. The molecule has 0 amide bonds. The van der Waals surface area contributed by atoms with Gasteiger partial charge in [0.15, 0.2) is 11.5 Å². The van der Waals surface area contributed by atoms with Crippen LogP contribution in [0.1, 0.15) is 34.3 Å². The van der Waals surface area contributed by atoms with Gasteiger partial charge in [-0.1, -0.05) is 15.9 Å². The van der Waals surface area contributed by atoms with Crippen molar-refractivity contribution in [2.24, 2.45) is 0 Å².